The number of hydrogen-bond donors (Lipinski definition) is 2. The minimum absolute atomic E-state index is 0.0610. The highest BCUT2D eigenvalue weighted by Gasteiger charge is 2.36. The first-order valence-electron chi connectivity index (χ1n) is 8.57. The van der Waals surface area contributed by atoms with E-state index in [2.05, 4.69) is 21.7 Å². The zero-order valence-electron chi connectivity index (χ0n) is 14.6. The van der Waals surface area contributed by atoms with Gasteiger partial charge in [0.1, 0.15) is 12.3 Å². The Morgan fingerprint density at radius 2 is 2.12 bits per heavy atom. The number of benzene rings is 1. The number of rotatable bonds is 7. The minimum atomic E-state index is -1.17. The number of nitrogens with one attached hydrogen (secondary N) is 1. The molecule has 1 aromatic heterocycles. The van der Waals surface area contributed by atoms with Crippen LogP contribution >= 0.6 is 0 Å². The van der Waals surface area contributed by atoms with E-state index in [4.69, 9.17) is 9.84 Å². The first-order chi connectivity index (χ1) is 12.5. The summed E-state index contributed by atoms with van der Waals surface area (Å²) in [4.78, 5) is 23.1. The van der Waals surface area contributed by atoms with Gasteiger partial charge in [0.25, 0.3) is 0 Å². The molecule has 0 radical (unpaired) electrons. The van der Waals surface area contributed by atoms with Crippen molar-refractivity contribution in [2.75, 3.05) is 13.7 Å². The van der Waals surface area contributed by atoms with Crippen molar-refractivity contribution in [2.24, 2.45) is 0 Å². The van der Waals surface area contributed by atoms with Crippen LogP contribution in [0.25, 0.3) is 0 Å². The maximum absolute atomic E-state index is 12.3. The normalized spacial score (nSPS) is 15.6. The smallest absolute Gasteiger partial charge is 0.358 e. The number of carbonyl (C=O) groups is 2. The molecule has 138 valence electrons. The molecule has 1 saturated carbocycles. The van der Waals surface area contributed by atoms with E-state index in [9.17, 15) is 9.59 Å². The lowest BCUT2D eigenvalue weighted by atomic mass is 9.78. The molecule has 0 saturated heterocycles. The Morgan fingerprint density at radius 1 is 1.35 bits per heavy atom. The van der Waals surface area contributed by atoms with Crippen molar-refractivity contribution in [3.63, 3.8) is 0 Å². The van der Waals surface area contributed by atoms with Gasteiger partial charge in [-0.3, -0.25) is 4.79 Å². The lowest BCUT2D eigenvalue weighted by molar-refractivity contribution is -0.122. The second-order valence-electron chi connectivity index (χ2n) is 6.60. The summed E-state index contributed by atoms with van der Waals surface area (Å²) < 4.78 is 6.56. The SMILES string of the molecule is COc1cccc(C2(CNC(=O)Cn3cc(C(=O)O)nn3)CCCC2)c1. The largest absolute Gasteiger partial charge is 0.497 e. The molecule has 8 heteroatoms. The van der Waals surface area contributed by atoms with E-state index in [1.807, 2.05) is 18.2 Å². The van der Waals surface area contributed by atoms with E-state index in [1.165, 1.54) is 16.4 Å². The van der Waals surface area contributed by atoms with Crippen molar-refractivity contribution in [2.45, 2.75) is 37.6 Å². The molecule has 0 aliphatic heterocycles. The van der Waals surface area contributed by atoms with Crippen LogP contribution in [0.15, 0.2) is 30.5 Å². The number of carboxylic acid groups (broad SMARTS) is 1. The molecule has 0 unspecified atom stereocenters. The molecule has 0 spiro atoms. The average molecular weight is 358 g/mol. The Hall–Kier alpha value is -2.90. The number of nitrogens with zero attached hydrogens (tertiary/aromatic N) is 3. The van der Waals surface area contributed by atoms with Gasteiger partial charge in [0.15, 0.2) is 5.69 Å². The van der Waals surface area contributed by atoms with Gasteiger partial charge >= 0.3 is 5.97 Å². The van der Waals surface area contributed by atoms with E-state index in [0.717, 1.165) is 31.4 Å². The Balaban J connectivity index is 1.66. The molecular weight excluding hydrogens is 336 g/mol. The first-order valence-corrected chi connectivity index (χ1v) is 8.57. The first kappa shape index (κ1) is 17.9. The van der Waals surface area contributed by atoms with Crippen LogP contribution in [0.2, 0.25) is 0 Å². The lowest BCUT2D eigenvalue weighted by Gasteiger charge is -2.30. The summed E-state index contributed by atoms with van der Waals surface area (Å²) in [5.74, 6) is -0.579. The van der Waals surface area contributed by atoms with Crippen molar-refractivity contribution in [1.82, 2.24) is 20.3 Å². The molecule has 26 heavy (non-hydrogen) atoms. The summed E-state index contributed by atoms with van der Waals surface area (Å²) in [5, 5.41) is 19.0. The van der Waals surface area contributed by atoms with Gasteiger partial charge in [-0.1, -0.05) is 30.2 Å². The number of carboxylic acids is 1. The third-order valence-electron chi connectivity index (χ3n) is 4.93. The van der Waals surface area contributed by atoms with Crippen molar-refractivity contribution >= 4 is 11.9 Å². The quantitative estimate of drug-likeness (QED) is 0.779. The molecular formula is C18H22N4O4. The zero-order valence-corrected chi connectivity index (χ0v) is 14.6. The number of amides is 1. The van der Waals surface area contributed by atoms with Gasteiger partial charge in [-0.05, 0) is 30.5 Å². The van der Waals surface area contributed by atoms with Crippen molar-refractivity contribution in [3.8, 4) is 5.75 Å². The number of aromatic nitrogens is 3. The van der Waals surface area contributed by atoms with Crippen LogP contribution in [0.1, 0.15) is 41.7 Å². The Labute approximate surface area is 151 Å². The molecule has 1 aliphatic rings. The predicted molar refractivity (Wildman–Crippen MR) is 93.1 cm³/mol. The summed E-state index contributed by atoms with van der Waals surface area (Å²) in [6, 6.07) is 8.00. The number of ether oxygens (including phenoxy) is 1. The molecule has 3 rings (SSSR count). The highest BCUT2D eigenvalue weighted by atomic mass is 16.5. The third-order valence-corrected chi connectivity index (χ3v) is 4.93. The molecule has 2 N–H and O–H groups in total. The molecule has 0 bridgehead atoms. The maximum Gasteiger partial charge on any atom is 0.358 e. The van der Waals surface area contributed by atoms with Crippen LogP contribution in [0.5, 0.6) is 5.75 Å². The van der Waals surface area contributed by atoms with Crippen molar-refractivity contribution < 1.29 is 19.4 Å². The van der Waals surface area contributed by atoms with Crippen molar-refractivity contribution in [3.05, 3.63) is 41.7 Å². The summed E-state index contributed by atoms with van der Waals surface area (Å²) in [6.07, 6.45) is 5.51. The lowest BCUT2D eigenvalue weighted by Crippen LogP contribution is -2.40. The number of methoxy groups -OCH3 is 1. The van der Waals surface area contributed by atoms with Crippen LogP contribution in [-0.4, -0.2) is 45.6 Å². The van der Waals surface area contributed by atoms with Crippen LogP contribution in [0, 0.1) is 0 Å². The molecule has 2 aromatic rings. The fourth-order valence-electron chi connectivity index (χ4n) is 3.52. The molecule has 1 aliphatic carbocycles. The van der Waals surface area contributed by atoms with Crippen molar-refractivity contribution in [1.29, 1.82) is 0 Å². The van der Waals surface area contributed by atoms with Gasteiger partial charge in [-0.15, -0.1) is 5.10 Å². The third kappa shape index (κ3) is 3.84. The molecule has 8 nitrogen and oxygen atoms in total. The number of hydrogen-bond acceptors (Lipinski definition) is 5. The predicted octanol–water partition coefficient (Wildman–Crippen LogP) is 1.61. The van der Waals surface area contributed by atoms with Gasteiger partial charge in [0.05, 0.1) is 13.3 Å². The van der Waals surface area contributed by atoms with E-state index in [-0.39, 0.29) is 23.6 Å². The number of aromatic carboxylic acids is 1. The van der Waals surface area contributed by atoms with Gasteiger partial charge in [0, 0.05) is 12.0 Å². The molecule has 1 aromatic carbocycles. The Bertz CT molecular complexity index is 796. The molecule has 0 atom stereocenters. The van der Waals surface area contributed by atoms with E-state index >= 15 is 0 Å². The fraction of sp³-hybridized carbons (Fsp3) is 0.444. The van der Waals surface area contributed by atoms with E-state index < -0.39 is 5.97 Å². The zero-order chi connectivity index (χ0) is 18.6. The minimum Gasteiger partial charge on any atom is -0.497 e. The van der Waals surface area contributed by atoms with Gasteiger partial charge < -0.3 is 15.2 Å². The molecule has 1 amide bonds. The van der Waals surface area contributed by atoms with E-state index in [0.29, 0.717) is 6.54 Å². The van der Waals surface area contributed by atoms with Gasteiger partial charge in [0.2, 0.25) is 5.91 Å². The maximum atomic E-state index is 12.3. The van der Waals surface area contributed by atoms with E-state index in [1.54, 1.807) is 7.11 Å². The molecule has 1 fully saturated rings. The molecule has 1 heterocycles. The summed E-state index contributed by atoms with van der Waals surface area (Å²) in [7, 11) is 1.64. The standard InChI is InChI=1S/C18H22N4O4/c1-26-14-6-4-5-13(9-14)18(7-2-3-8-18)12-19-16(23)11-22-10-15(17(24)25)20-21-22/h4-6,9-10H,2-3,7-8,11-12H2,1H3,(H,19,23)(H,24,25). The monoisotopic (exact) mass is 358 g/mol. The second-order valence-corrected chi connectivity index (χ2v) is 6.60. The summed E-state index contributed by atoms with van der Waals surface area (Å²) in [5.41, 5.74) is 0.892. The van der Waals surface area contributed by atoms with Crippen LogP contribution in [-0.2, 0) is 16.8 Å². The highest BCUT2D eigenvalue weighted by Crippen LogP contribution is 2.41. The fourth-order valence-corrected chi connectivity index (χ4v) is 3.52. The summed E-state index contributed by atoms with van der Waals surface area (Å²) >= 11 is 0. The second kappa shape index (κ2) is 7.55. The Morgan fingerprint density at radius 3 is 2.77 bits per heavy atom. The van der Waals surface area contributed by atoms with Crippen LogP contribution in [0.4, 0.5) is 0 Å². The topological polar surface area (TPSA) is 106 Å². The van der Waals surface area contributed by atoms with Crippen LogP contribution in [0.3, 0.4) is 0 Å². The highest BCUT2D eigenvalue weighted by molar-refractivity contribution is 5.84. The number of carbonyl (C=O) groups excluding carboxylic acids is 1. The van der Waals surface area contributed by atoms with Crippen LogP contribution < -0.4 is 10.1 Å². The van der Waals surface area contributed by atoms with Gasteiger partial charge in [-0.2, -0.15) is 0 Å². The Kier molecular flexibility index (Phi) is 5.20. The average Bonchev–Trinajstić information content (AvgIpc) is 3.30. The summed E-state index contributed by atoms with van der Waals surface area (Å²) in [6.45, 7) is 0.466. The van der Waals surface area contributed by atoms with Gasteiger partial charge in [-0.25, -0.2) is 9.48 Å².